The molecular formula is C12H23N3O4S2. The van der Waals surface area contributed by atoms with Crippen LogP contribution in [-0.4, -0.2) is 68.1 Å². The third-order valence-electron chi connectivity index (χ3n) is 3.39. The molecule has 0 aromatic rings. The van der Waals surface area contributed by atoms with Crippen molar-refractivity contribution in [1.29, 1.82) is 0 Å². The second-order valence-corrected chi connectivity index (χ2v) is 7.88. The van der Waals surface area contributed by atoms with Crippen molar-refractivity contribution in [2.45, 2.75) is 32.4 Å². The van der Waals surface area contributed by atoms with Gasteiger partial charge in [-0.1, -0.05) is 0 Å². The number of hydrogen-bond acceptors (Lipinski definition) is 5. The lowest BCUT2D eigenvalue weighted by molar-refractivity contribution is -0.143. The van der Waals surface area contributed by atoms with Crippen molar-refractivity contribution >= 4 is 33.6 Å². The first-order valence-electron chi connectivity index (χ1n) is 6.89. The van der Waals surface area contributed by atoms with Gasteiger partial charge in [0.15, 0.2) is 0 Å². The Labute approximate surface area is 130 Å². The Hall–Kier alpha value is -0.800. The number of hydrogen-bond donors (Lipinski definition) is 2. The molecule has 1 fully saturated rings. The van der Waals surface area contributed by atoms with Crippen LogP contribution in [-0.2, 0) is 19.6 Å². The lowest BCUT2D eigenvalue weighted by atomic mass is 10.1. The molecule has 122 valence electrons. The fourth-order valence-corrected chi connectivity index (χ4v) is 3.34. The number of piperazine rings is 1. The van der Waals surface area contributed by atoms with Gasteiger partial charge < -0.3 is 10.2 Å². The maximum Gasteiger partial charge on any atom is 0.242 e. The van der Waals surface area contributed by atoms with Gasteiger partial charge in [-0.05, 0) is 32.3 Å². The van der Waals surface area contributed by atoms with Gasteiger partial charge in [-0.25, -0.2) is 13.1 Å². The molecule has 1 aliphatic heterocycles. The highest BCUT2D eigenvalue weighted by Crippen LogP contribution is 2.11. The van der Waals surface area contributed by atoms with Gasteiger partial charge in [0.1, 0.15) is 12.1 Å². The Balaban J connectivity index is 2.86. The smallest absolute Gasteiger partial charge is 0.242 e. The first-order valence-corrected chi connectivity index (χ1v) is 9.94. The first-order chi connectivity index (χ1) is 9.82. The zero-order valence-electron chi connectivity index (χ0n) is 12.6. The van der Waals surface area contributed by atoms with Gasteiger partial charge in [0.2, 0.25) is 21.8 Å². The van der Waals surface area contributed by atoms with Gasteiger partial charge in [-0.2, -0.15) is 11.8 Å². The van der Waals surface area contributed by atoms with Gasteiger partial charge >= 0.3 is 0 Å². The van der Waals surface area contributed by atoms with Gasteiger partial charge in [0, 0.05) is 13.1 Å². The summed E-state index contributed by atoms with van der Waals surface area (Å²) in [6, 6.07) is -1.38. The van der Waals surface area contributed by atoms with Crippen LogP contribution in [0.4, 0.5) is 0 Å². The van der Waals surface area contributed by atoms with E-state index in [9.17, 15) is 18.0 Å². The largest absolute Gasteiger partial charge is 0.353 e. The summed E-state index contributed by atoms with van der Waals surface area (Å²) in [7, 11) is -3.47. The molecule has 7 nitrogen and oxygen atoms in total. The number of carbonyl (C=O) groups is 2. The van der Waals surface area contributed by atoms with Gasteiger partial charge in [0.25, 0.3) is 0 Å². The van der Waals surface area contributed by atoms with Gasteiger partial charge in [-0.3, -0.25) is 9.59 Å². The van der Waals surface area contributed by atoms with Crippen LogP contribution in [0, 0.1) is 0 Å². The molecule has 2 amide bonds. The Bertz CT molecular complexity index is 481. The lowest BCUT2D eigenvalue weighted by Crippen LogP contribution is -2.60. The van der Waals surface area contributed by atoms with E-state index in [1.807, 2.05) is 6.26 Å². The fraction of sp³-hybridized carbons (Fsp3) is 0.833. The van der Waals surface area contributed by atoms with E-state index in [0.717, 1.165) is 0 Å². The Kier molecular flexibility index (Phi) is 6.95. The highest BCUT2D eigenvalue weighted by molar-refractivity contribution is 7.98. The number of nitrogens with zero attached hydrogens (tertiary/aromatic N) is 1. The molecule has 2 atom stereocenters. The summed E-state index contributed by atoms with van der Waals surface area (Å²) >= 11 is 1.54. The molecule has 1 saturated heterocycles. The van der Waals surface area contributed by atoms with E-state index in [1.54, 1.807) is 18.7 Å². The van der Waals surface area contributed by atoms with E-state index in [2.05, 4.69) is 10.0 Å². The molecule has 1 rings (SSSR count). The van der Waals surface area contributed by atoms with Crippen molar-refractivity contribution in [1.82, 2.24) is 14.9 Å². The highest BCUT2D eigenvalue weighted by atomic mass is 32.2. The molecule has 1 heterocycles. The van der Waals surface area contributed by atoms with Crippen LogP contribution < -0.4 is 10.0 Å². The molecule has 0 radical (unpaired) electrons. The highest BCUT2D eigenvalue weighted by Gasteiger charge is 2.34. The monoisotopic (exact) mass is 337 g/mol. The van der Waals surface area contributed by atoms with Crippen LogP contribution in [0.25, 0.3) is 0 Å². The fourth-order valence-electron chi connectivity index (χ4n) is 2.05. The molecular weight excluding hydrogens is 314 g/mol. The number of rotatable bonds is 7. The Morgan fingerprint density at radius 2 is 2.24 bits per heavy atom. The zero-order valence-corrected chi connectivity index (χ0v) is 14.2. The molecule has 9 heteroatoms. The van der Waals surface area contributed by atoms with Crippen molar-refractivity contribution in [3.8, 4) is 0 Å². The Morgan fingerprint density at radius 1 is 1.57 bits per heavy atom. The maximum absolute atomic E-state index is 12.6. The van der Waals surface area contributed by atoms with Crippen LogP contribution in [0.2, 0.25) is 0 Å². The van der Waals surface area contributed by atoms with E-state index >= 15 is 0 Å². The van der Waals surface area contributed by atoms with Crippen molar-refractivity contribution in [3.05, 3.63) is 0 Å². The Morgan fingerprint density at radius 3 is 2.81 bits per heavy atom. The predicted molar refractivity (Wildman–Crippen MR) is 83.6 cm³/mol. The summed E-state index contributed by atoms with van der Waals surface area (Å²) in [6.45, 7) is 3.96. The van der Waals surface area contributed by atoms with Gasteiger partial charge in [0.05, 0.1) is 5.75 Å². The molecule has 1 aliphatic rings. The quantitative estimate of drug-likeness (QED) is 0.646. The predicted octanol–water partition coefficient (Wildman–Crippen LogP) is -0.606. The standard InChI is InChI=1S/C12H23N3O4S2/c1-4-21(18,19)14-10(5-8-20-3)12(17)15-7-6-13-11(16)9(15)2/h9-10,14H,4-8H2,1-3H3,(H,13,16). The summed E-state index contributed by atoms with van der Waals surface area (Å²) < 4.78 is 25.9. The minimum atomic E-state index is -3.47. The van der Waals surface area contributed by atoms with Crippen molar-refractivity contribution in [3.63, 3.8) is 0 Å². The van der Waals surface area contributed by atoms with E-state index in [0.29, 0.717) is 25.3 Å². The summed E-state index contributed by atoms with van der Waals surface area (Å²) in [5.74, 6) is 0.0448. The van der Waals surface area contributed by atoms with E-state index < -0.39 is 22.1 Å². The molecule has 2 unspecified atom stereocenters. The second kappa shape index (κ2) is 8.00. The summed E-state index contributed by atoms with van der Waals surface area (Å²) in [5, 5.41) is 2.68. The molecule has 0 aliphatic carbocycles. The molecule has 0 aromatic heterocycles. The number of thioether (sulfide) groups is 1. The minimum Gasteiger partial charge on any atom is -0.353 e. The third kappa shape index (κ3) is 5.15. The molecule has 0 aromatic carbocycles. The molecule has 21 heavy (non-hydrogen) atoms. The summed E-state index contributed by atoms with van der Waals surface area (Å²) in [4.78, 5) is 25.6. The number of nitrogens with one attached hydrogen (secondary N) is 2. The van der Waals surface area contributed by atoms with Crippen LogP contribution in [0.15, 0.2) is 0 Å². The van der Waals surface area contributed by atoms with E-state index in [1.165, 1.54) is 11.8 Å². The number of amides is 2. The lowest BCUT2D eigenvalue weighted by Gasteiger charge is -2.35. The van der Waals surface area contributed by atoms with Crippen molar-refractivity contribution in [2.24, 2.45) is 0 Å². The van der Waals surface area contributed by atoms with Crippen molar-refractivity contribution in [2.75, 3.05) is 30.9 Å². The summed E-state index contributed by atoms with van der Waals surface area (Å²) in [6.07, 6.45) is 2.30. The van der Waals surface area contributed by atoms with Crippen LogP contribution in [0.1, 0.15) is 20.3 Å². The first kappa shape index (κ1) is 18.2. The maximum atomic E-state index is 12.6. The van der Waals surface area contributed by atoms with Crippen LogP contribution >= 0.6 is 11.8 Å². The van der Waals surface area contributed by atoms with E-state index in [4.69, 9.17) is 0 Å². The zero-order chi connectivity index (χ0) is 16.0. The average Bonchev–Trinajstić information content (AvgIpc) is 2.45. The van der Waals surface area contributed by atoms with E-state index in [-0.39, 0.29) is 17.6 Å². The molecule has 0 spiro atoms. The second-order valence-electron chi connectivity index (χ2n) is 4.85. The summed E-state index contributed by atoms with van der Waals surface area (Å²) in [5.41, 5.74) is 0. The number of sulfonamides is 1. The molecule has 2 N–H and O–H groups in total. The molecule has 0 saturated carbocycles. The number of carbonyl (C=O) groups excluding carboxylic acids is 2. The van der Waals surface area contributed by atoms with Gasteiger partial charge in [-0.15, -0.1) is 0 Å². The topological polar surface area (TPSA) is 95.6 Å². The van der Waals surface area contributed by atoms with Crippen molar-refractivity contribution < 1.29 is 18.0 Å². The van der Waals surface area contributed by atoms with Crippen LogP contribution in [0.5, 0.6) is 0 Å². The third-order valence-corrected chi connectivity index (χ3v) is 5.44. The normalized spacial score (nSPS) is 21.0. The average molecular weight is 337 g/mol. The molecule has 0 bridgehead atoms. The SMILES string of the molecule is CCS(=O)(=O)NC(CCSC)C(=O)N1CCNC(=O)C1C. The minimum absolute atomic E-state index is 0.0773. The van der Waals surface area contributed by atoms with Crippen LogP contribution in [0.3, 0.4) is 0 Å².